The van der Waals surface area contributed by atoms with E-state index in [0.29, 0.717) is 12.3 Å². The Morgan fingerprint density at radius 3 is 2.88 bits per heavy atom. The average Bonchev–Trinajstić information content (AvgIpc) is 2.81. The van der Waals surface area contributed by atoms with Crippen molar-refractivity contribution >= 4 is 27.5 Å². The molecular weight excluding hydrogens is 266 g/mol. The molecule has 2 rings (SSSR count). The highest BCUT2D eigenvalue weighted by Crippen LogP contribution is 2.29. The molecular formula is C8H11N3O4S2. The summed E-state index contributed by atoms with van der Waals surface area (Å²) >= 11 is 1.04. The summed E-state index contributed by atoms with van der Waals surface area (Å²) < 4.78 is 27.8. The molecule has 1 atom stereocenters. The van der Waals surface area contributed by atoms with Crippen molar-refractivity contribution in [1.82, 2.24) is 10.2 Å². The number of primary amides is 1. The van der Waals surface area contributed by atoms with Crippen molar-refractivity contribution in [2.24, 2.45) is 5.73 Å². The maximum Gasteiger partial charge on any atom is 0.277 e. The molecule has 0 aliphatic carbocycles. The Hall–Kier alpha value is -1.09. The van der Waals surface area contributed by atoms with Crippen molar-refractivity contribution in [3.8, 4) is 0 Å². The number of aromatic nitrogens is 2. The van der Waals surface area contributed by atoms with Gasteiger partial charge in [-0.15, -0.1) is 10.2 Å². The molecule has 0 aromatic carbocycles. The van der Waals surface area contributed by atoms with Gasteiger partial charge in [-0.25, -0.2) is 8.42 Å². The number of amides is 1. The Morgan fingerprint density at radius 1 is 1.53 bits per heavy atom. The number of sulfone groups is 1. The molecule has 0 radical (unpaired) electrons. The van der Waals surface area contributed by atoms with Gasteiger partial charge in [0, 0.05) is 0 Å². The van der Waals surface area contributed by atoms with Crippen LogP contribution in [0.3, 0.4) is 0 Å². The van der Waals surface area contributed by atoms with Crippen LogP contribution in [0.1, 0.15) is 18.2 Å². The molecule has 0 bridgehead atoms. The van der Waals surface area contributed by atoms with Crippen LogP contribution in [0.4, 0.5) is 0 Å². The van der Waals surface area contributed by atoms with Gasteiger partial charge in [-0.05, 0) is 6.42 Å². The van der Waals surface area contributed by atoms with Crippen molar-refractivity contribution in [1.29, 1.82) is 0 Å². The van der Waals surface area contributed by atoms with E-state index >= 15 is 0 Å². The molecule has 2 N–H and O–H groups in total. The number of nitrogens with two attached hydrogens (primary N) is 1. The Labute approximate surface area is 102 Å². The SMILES string of the molecule is NC(=O)CSc1nnc([C@H]2CCS(=O)(=O)C2)o1. The molecule has 0 unspecified atom stereocenters. The van der Waals surface area contributed by atoms with Crippen LogP contribution in [0.15, 0.2) is 9.64 Å². The highest BCUT2D eigenvalue weighted by Gasteiger charge is 2.32. The smallest absolute Gasteiger partial charge is 0.277 e. The second-order valence-electron chi connectivity index (χ2n) is 3.76. The van der Waals surface area contributed by atoms with Gasteiger partial charge in [0.25, 0.3) is 5.22 Å². The van der Waals surface area contributed by atoms with Crippen LogP contribution in [-0.2, 0) is 14.6 Å². The van der Waals surface area contributed by atoms with Gasteiger partial charge < -0.3 is 10.2 Å². The molecule has 17 heavy (non-hydrogen) atoms. The molecule has 1 aromatic heterocycles. The van der Waals surface area contributed by atoms with Gasteiger partial charge in [-0.2, -0.15) is 0 Å². The Bertz CT molecular complexity index is 525. The van der Waals surface area contributed by atoms with Crippen LogP contribution in [0.2, 0.25) is 0 Å². The minimum Gasteiger partial charge on any atom is -0.416 e. The number of carbonyl (C=O) groups excluding carboxylic acids is 1. The number of thioether (sulfide) groups is 1. The van der Waals surface area contributed by atoms with Crippen LogP contribution >= 0.6 is 11.8 Å². The molecule has 0 spiro atoms. The van der Waals surface area contributed by atoms with E-state index in [0.717, 1.165) is 11.8 Å². The summed E-state index contributed by atoms with van der Waals surface area (Å²) in [6.45, 7) is 0. The lowest BCUT2D eigenvalue weighted by atomic mass is 10.1. The lowest BCUT2D eigenvalue weighted by molar-refractivity contribution is -0.115. The highest BCUT2D eigenvalue weighted by atomic mass is 32.2. The standard InChI is InChI=1S/C8H11N3O4S2/c9-6(12)3-16-8-11-10-7(15-8)5-1-2-17(13,14)4-5/h5H,1-4H2,(H2,9,12)/t5-/m0/s1. The first-order valence-electron chi connectivity index (χ1n) is 4.91. The van der Waals surface area contributed by atoms with Gasteiger partial charge >= 0.3 is 0 Å². The van der Waals surface area contributed by atoms with Gasteiger partial charge in [0.15, 0.2) is 9.84 Å². The lowest BCUT2D eigenvalue weighted by Gasteiger charge is -1.98. The predicted molar refractivity (Wildman–Crippen MR) is 60.2 cm³/mol. The largest absolute Gasteiger partial charge is 0.416 e. The first kappa shape index (κ1) is 12.4. The third-order valence-electron chi connectivity index (χ3n) is 2.34. The molecule has 2 heterocycles. The van der Waals surface area contributed by atoms with E-state index in [4.69, 9.17) is 10.2 Å². The van der Waals surface area contributed by atoms with E-state index in [1.165, 1.54) is 0 Å². The summed E-state index contributed by atoms with van der Waals surface area (Å²) in [6.07, 6.45) is 0.504. The lowest BCUT2D eigenvalue weighted by Crippen LogP contribution is -2.12. The second-order valence-corrected chi connectivity index (χ2v) is 6.92. The topological polar surface area (TPSA) is 116 Å². The summed E-state index contributed by atoms with van der Waals surface area (Å²) in [5, 5.41) is 7.75. The zero-order valence-electron chi connectivity index (χ0n) is 8.83. The van der Waals surface area contributed by atoms with Crippen LogP contribution < -0.4 is 5.73 Å². The molecule has 1 aliphatic heterocycles. The fraction of sp³-hybridized carbons (Fsp3) is 0.625. The zero-order valence-corrected chi connectivity index (χ0v) is 10.5. The maximum atomic E-state index is 11.3. The van der Waals surface area contributed by atoms with Crippen molar-refractivity contribution < 1.29 is 17.6 Å². The van der Waals surface area contributed by atoms with Gasteiger partial charge in [0.2, 0.25) is 11.8 Å². The third kappa shape index (κ3) is 3.19. The predicted octanol–water partition coefficient (Wildman–Crippen LogP) is -0.451. The number of rotatable bonds is 4. The number of hydrogen-bond acceptors (Lipinski definition) is 7. The van der Waals surface area contributed by atoms with Gasteiger partial charge in [0.1, 0.15) is 0 Å². The minimum atomic E-state index is -2.97. The van der Waals surface area contributed by atoms with Crippen molar-refractivity contribution in [2.75, 3.05) is 17.3 Å². The fourth-order valence-corrected chi connectivity index (χ4v) is 3.81. The third-order valence-corrected chi connectivity index (χ3v) is 4.95. The second kappa shape index (κ2) is 4.65. The first-order valence-corrected chi connectivity index (χ1v) is 7.72. The molecule has 7 nitrogen and oxygen atoms in total. The average molecular weight is 277 g/mol. The summed E-state index contributed by atoms with van der Waals surface area (Å²) in [6, 6.07) is 0. The van der Waals surface area contributed by atoms with Crippen LogP contribution in [-0.4, -0.2) is 41.8 Å². The molecule has 1 amide bonds. The molecule has 94 valence electrons. The number of nitrogens with zero attached hydrogens (tertiary/aromatic N) is 2. The van der Waals surface area contributed by atoms with E-state index in [1.807, 2.05) is 0 Å². The summed E-state index contributed by atoms with van der Waals surface area (Å²) in [4.78, 5) is 10.6. The molecule has 1 fully saturated rings. The number of hydrogen-bond donors (Lipinski definition) is 1. The van der Waals surface area contributed by atoms with E-state index in [1.54, 1.807) is 0 Å². The van der Waals surface area contributed by atoms with Crippen molar-refractivity contribution in [3.05, 3.63) is 5.89 Å². The maximum absolute atomic E-state index is 11.3. The molecule has 9 heteroatoms. The fourth-order valence-electron chi connectivity index (χ4n) is 1.57. The summed E-state index contributed by atoms with van der Waals surface area (Å²) in [7, 11) is -2.97. The monoisotopic (exact) mass is 277 g/mol. The molecule has 1 saturated heterocycles. The van der Waals surface area contributed by atoms with Crippen molar-refractivity contribution in [2.45, 2.75) is 17.6 Å². The molecule has 1 aliphatic rings. The molecule has 0 saturated carbocycles. The van der Waals surface area contributed by atoms with Crippen molar-refractivity contribution in [3.63, 3.8) is 0 Å². The Kier molecular flexibility index (Phi) is 3.38. The summed E-state index contributed by atoms with van der Waals surface area (Å²) in [5.41, 5.74) is 4.98. The Balaban J connectivity index is 2.01. The minimum absolute atomic E-state index is 0.0507. The van der Waals surface area contributed by atoms with E-state index in [2.05, 4.69) is 10.2 Å². The van der Waals surface area contributed by atoms with E-state index in [-0.39, 0.29) is 28.4 Å². The van der Waals surface area contributed by atoms with Crippen LogP contribution in [0, 0.1) is 0 Å². The van der Waals surface area contributed by atoms with Gasteiger partial charge in [0.05, 0.1) is 23.2 Å². The zero-order chi connectivity index (χ0) is 12.5. The Morgan fingerprint density at radius 2 is 2.29 bits per heavy atom. The van der Waals surface area contributed by atoms with E-state index in [9.17, 15) is 13.2 Å². The van der Waals surface area contributed by atoms with Crippen LogP contribution in [0.25, 0.3) is 0 Å². The van der Waals surface area contributed by atoms with Gasteiger partial charge in [-0.3, -0.25) is 4.79 Å². The summed E-state index contributed by atoms with van der Waals surface area (Å²) in [5.74, 6) is -0.115. The van der Waals surface area contributed by atoms with Crippen LogP contribution in [0.5, 0.6) is 0 Å². The first-order chi connectivity index (χ1) is 7.96. The van der Waals surface area contributed by atoms with E-state index < -0.39 is 15.7 Å². The highest BCUT2D eigenvalue weighted by molar-refractivity contribution is 7.99. The van der Waals surface area contributed by atoms with Gasteiger partial charge in [-0.1, -0.05) is 11.8 Å². The normalized spacial score (nSPS) is 22.7. The molecule has 1 aromatic rings. The number of carbonyl (C=O) groups is 1. The quantitative estimate of drug-likeness (QED) is 0.741.